The molecule has 0 radical (unpaired) electrons. The third kappa shape index (κ3) is 4.48. The van der Waals surface area contributed by atoms with Gasteiger partial charge < -0.3 is 15.0 Å². The van der Waals surface area contributed by atoms with Gasteiger partial charge in [-0.25, -0.2) is 4.98 Å². The third-order valence-electron chi connectivity index (χ3n) is 1.88. The first-order valence-corrected chi connectivity index (χ1v) is 6.28. The second kappa shape index (κ2) is 6.85. The first kappa shape index (κ1) is 13.4. The Morgan fingerprint density at radius 2 is 2.38 bits per heavy atom. The Morgan fingerprint density at radius 3 is 3.06 bits per heavy atom. The van der Waals surface area contributed by atoms with E-state index in [9.17, 15) is 4.79 Å². The minimum Gasteiger partial charge on any atom is -0.477 e. The van der Waals surface area contributed by atoms with Crippen LogP contribution in [0.2, 0.25) is 0 Å². The van der Waals surface area contributed by atoms with Crippen LogP contribution < -0.4 is 15.6 Å². The van der Waals surface area contributed by atoms with Crippen LogP contribution in [0.4, 0.5) is 0 Å². The van der Waals surface area contributed by atoms with Gasteiger partial charge in [0.2, 0.25) is 5.88 Å². The van der Waals surface area contributed by atoms with Crippen molar-refractivity contribution in [2.24, 2.45) is 0 Å². The van der Waals surface area contributed by atoms with Gasteiger partial charge in [0.25, 0.3) is 5.56 Å². The number of hydrogen-bond donors (Lipinski definition) is 2. The molecule has 0 saturated carbocycles. The normalized spacial score (nSPS) is 10.8. The SMILES string of the molecule is CC(C)NCCCOc1nc[nH]c(=O)c1I. The van der Waals surface area contributed by atoms with Gasteiger partial charge in [-0.3, -0.25) is 4.79 Å². The van der Waals surface area contributed by atoms with Crippen molar-refractivity contribution < 1.29 is 4.74 Å². The standard InChI is InChI=1S/C10H16IN3O2/c1-7(2)12-4-3-5-16-10-8(11)9(15)13-6-14-10/h6-7,12H,3-5H2,1-2H3,(H,13,14,15). The number of ether oxygens (including phenoxy) is 1. The fourth-order valence-corrected chi connectivity index (χ4v) is 1.55. The highest BCUT2D eigenvalue weighted by atomic mass is 127. The summed E-state index contributed by atoms with van der Waals surface area (Å²) in [6.07, 6.45) is 2.24. The van der Waals surface area contributed by atoms with E-state index in [4.69, 9.17) is 4.74 Å². The maximum Gasteiger partial charge on any atom is 0.268 e. The molecule has 1 heterocycles. The number of aromatic nitrogens is 2. The van der Waals surface area contributed by atoms with Crippen LogP contribution >= 0.6 is 22.6 Å². The highest BCUT2D eigenvalue weighted by Crippen LogP contribution is 2.11. The van der Waals surface area contributed by atoms with Crippen LogP contribution in [0.5, 0.6) is 5.88 Å². The summed E-state index contributed by atoms with van der Waals surface area (Å²) in [4.78, 5) is 17.7. The van der Waals surface area contributed by atoms with Gasteiger partial charge >= 0.3 is 0 Å². The number of nitrogens with one attached hydrogen (secondary N) is 2. The summed E-state index contributed by atoms with van der Waals surface area (Å²) in [5.41, 5.74) is -0.161. The van der Waals surface area contributed by atoms with Gasteiger partial charge in [-0.15, -0.1) is 0 Å². The van der Waals surface area contributed by atoms with E-state index in [1.54, 1.807) is 0 Å². The number of nitrogens with zero attached hydrogens (tertiary/aromatic N) is 1. The van der Waals surface area contributed by atoms with Gasteiger partial charge in [-0.2, -0.15) is 0 Å². The Balaban J connectivity index is 2.32. The van der Waals surface area contributed by atoms with E-state index in [0.717, 1.165) is 13.0 Å². The van der Waals surface area contributed by atoms with Crippen molar-refractivity contribution in [3.05, 3.63) is 20.3 Å². The lowest BCUT2D eigenvalue weighted by molar-refractivity contribution is 0.292. The van der Waals surface area contributed by atoms with E-state index >= 15 is 0 Å². The van der Waals surface area contributed by atoms with Crippen LogP contribution in [0.25, 0.3) is 0 Å². The highest BCUT2D eigenvalue weighted by molar-refractivity contribution is 14.1. The molecule has 1 aromatic rings. The van der Waals surface area contributed by atoms with Gasteiger partial charge in [-0.05, 0) is 35.6 Å². The van der Waals surface area contributed by atoms with Crippen molar-refractivity contribution in [3.8, 4) is 5.88 Å². The van der Waals surface area contributed by atoms with Gasteiger partial charge in [-0.1, -0.05) is 13.8 Å². The van der Waals surface area contributed by atoms with Crippen molar-refractivity contribution in [1.29, 1.82) is 0 Å². The summed E-state index contributed by atoms with van der Waals surface area (Å²) in [5, 5.41) is 3.29. The fourth-order valence-electron chi connectivity index (χ4n) is 1.10. The monoisotopic (exact) mass is 337 g/mol. The van der Waals surface area contributed by atoms with Crippen LogP contribution in [-0.2, 0) is 0 Å². The highest BCUT2D eigenvalue weighted by Gasteiger charge is 2.05. The van der Waals surface area contributed by atoms with Crippen LogP contribution in [0.3, 0.4) is 0 Å². The largest absolute Gasteiger partial charge is 0.477 e. The summed E-state index contributed by atoms with van der Waals surface area (Å²) >= 11 is 1.93. The Morgan fingerprint density at radius 1 is 1.62 bits per heavy atom. The minimum atomic E-state index is -0.161. The van der Waals surface area contributed by atoms with E-state index in [1.807, 2.05) is 22.6 Å². The molecular weight excluding hydrogens is 321 g/mol. The molecule has 0 fully saturated rings. The average molecular weight is 337 g/mol. The maximum atomic E-state index is 11.2. The molecule has 1 rings (SSSR count). The number of aromatic amines is 1. The predicted molar refractivity (Wildman–Crippen MR) is 70.8 cm³/mol. The molecule has 0 saturated heterocycles. The van der Waals surface area contributed by atoms with Crippen molar-refractivity contribution in [3.63, 3.8) is 0 Å². The van der Waals surface area contributed by atoms with Crippen molar-refractivity contribution >= 4 is 22.6 Å². The average Bonchev–Trinajstić information content (AvgIpc) is 2.23. The van der Waals surface area contributed by atoms with Gasteiger partial charge in [0, 0.05) is 6.04 Å². The quantitative estimate of drug-likeness (QED) is 0.604. The first-order valence-electron chi connectivity index (χ1n) is 5.20. The zero-order valence-corrected chi connectivity index (χ0v) is 11.6. The Labute approximate surface area is 108 Å². The molecule has 1 aromatic heterocycles. The lowest BCUT2D eigenvalue weighted by Crippen LogP contribution is -2.25. The third-order valence-corrected chi connectivity index (χ3v) is 2.83. The topological polar surface area (TPSA) is 67.0 Å². The summed E-state index contributed by atoms with van der Waals surface area (Å²) in [6, 6.07) is 0.484. The Hall–Kier alpha value is -0.630. The van der Waals surface area contributed by atoms with E-state index < -0.39 is 0 Å². The molecule has 0 bridgehead atoms. The zero-order valence-electron chi connectivity index (χ0n) is 9.42. The number of halogens is 1. The molecule has 0 spiro atoms. The smallest absolute Gasteiger partial charge is 0.268 e. The molecule has 5 nitrogen and oxygen atoms in total. The van der Waals surface area contributed by atoms with E-state index in [2.05, 4.69) is 29.1 Å². The molecule has 0 unspecified atom stereocenters. The molecular formula is C10H16IN3O2. The second-order valence-electron chi connectivity index (χ2n) is 3.66. The summed E-state index contributed by atoms with van der Waals surface area (Å²) in [6.45, 7) is 5.66. The van der Waals surface area contributed by atoms with Crippen molar-refractivity contribution in [1.82, 2.24) is 15.3 Å². The molecule has 6 heteroatoms. The number of H-pyrrole nitrogens is 1. The maximum absolute atomic E-state index is 11.2. The van der Waals surface area contributed by atoms with Crippen LogP contribution in [0.15, 0.2) is 11.1 Å². The van der Waals surface area contributed by atoms with Crippen LogP contribution in [0.1, 0.15) is 20.3 Å². The molecule has 0 aliphatic rings. The van der Waals surface area contributed by atoms with Crippen molar-refractivity contribution in [2.45, 2.75) is 26.3 Å². The van der Waals surface area contributed by atoms with Gasteiger partial charge in [0.1, 0.15) is 3.57 Å². The van der Waals surface area contributed by atoms with E-state index in [-0.39, 0.29) is 5.56 Å². The molecule has 0 aromatic carbocycles. The lowest BCUT2D eigenvalue weighted by Gasteiger charge is -2.08. The molecule has 0 aliphatic carbocycles. The molecule has 90 valence electrons. The second-order valence-corrected chi connectivity index (χ2v) is 4.74. The zero-order chi connectivity index (χ0) is 12.0. The van der Waals surface area contributed by atoms with Crippen LogP contribution in [0, 0.1) is 3.57 Å². The van der Waals surface area contributed by atoms with Gasteiger partial charge in [0.15, 0.2) is 0 Å². The van der Waals surface area contributed by atoms with Gasteiger partial charge in [0.05, 0.1) is 12.9 Å². The van der Waals surface area contributed by atoms with E-state index in [0.29, 0.717) is 22.1 Å². The van der Waals surface area contributed by atoms with E-state index in [1.165, 1.54) is 6.33 Å². The summed E-state index contributed by atoms with van der Waals surface area (Å²) < 4.78 is 5.92. The minimum absolute atomic E-state index is 0.161. The van der Waals surface area contributed by atoms with Crippen LogP contribution in [-0.4, -0.2) is 29.2 Å². The number of rotatable bonds is 6. The Bertz CT molecular complexity index is 379. The fraction of sp³-hybridized carbons (Fsp3) is 0.600. The molecule has 16 heavy (non-hydrogen) atoms. The molecule has 0 amide bonds. The lowest BCUT2D eigenvalue weighted by atomic mass is 10.3. The predicted octanol–water partition coefficient (Wildman–Crippen LogP) is 1.14. The molecule has 2 N–H and O–H groups in total. The summed E-state index contributed by atoms with van der Waals surface area (Å²) in [5.74, 6) is 0.411. The Kier molecular flexibility index (Phi) is 5.75. The molecule has 0 atom stereocenters. The van der Waals surface area contributed by atoms with Crippen molar-refractivity contribution in [2.75, 3.05) is 13.2 Å². The first-order chi connectivity index (χ1) is 7.61. The number of hydrogen-bond acceptors (Lipinski definition) is 4. The summed E-state index contributed by atoms with van der Waals surface area (Å²) in [7, 11) is 0. The molecule has 0 aliphatic heterocycles.